The largest absolute Gasteiger partial charge is 0.492 e. The number of hydrogen-bond acceptors (Lipinski definition) is 6. The van der Waals surface area contributed by atoms with E-state index in [1.807, 2.05) is 0 Å². The highest BCUT2D eigenvalue weighted by Crippen LogP contribution is 2.34. The molecule has 1 aromatic carbocycles. The van der Waals surface area contributed by atoms with Gasteiger partial charge in [-0.2, -0.15) is 0 Å². The van der Waals surface area contributed by atoms with Crippen molar-refractivity contribution in [3.63, 3.8) is 0 Å². The third-order valence-electron chi connectivity index (χ3n) is 4.04. The number of hydrogen-bond donors (Lipinski definition) is 1. The number of carbonyl (C=O) groups excluding carboxylic acids is 3. The van der Waals surface area contributed by atoms with Crippen molar-refractivity contribution in [2.75, 3.05) is 32.1 Å². The third kappa shape index (κ3) is 3.19. The van der Waals surface area contributed by atoms with Gasteiger partial charge in [-0.15, -0.1) is 0 Å². The number of anilines is 1. The van der Waals surface area contributed by atoms with Crippen LogP contribution in [0.1, 0.15) is 16.8 Å². The van der Waals surface area contributed by atoms with Crippen LogP contribution in [0.4, 0.5) is 14.9 Å². The minimum atomic E-state index is -1.11. The van der Waals surface area contributed by atoms with E-state index in [1.54, 1.807) is 25.2 Å². The third-order valence-corrected chi connectivity index (χ3v) is 4.04. The molecule has 2 amide bonds. The van der Waals surface area contributed by atoms with Crippen molar-refractivity contribution in [1.29, 1.82) is 0 Å². The molecule has 2 heterocycles. The second-order valence-corrected chi connectivity index (χ2v) is 6.23. The number of nitrogens with two attached hydrogens (primary N) is 1. The van der Waals surface area contributed by atoms with E-state index in [1.165, 1.54) is 6.07 Å². The number of nitrogens with zero attached hydrogens (tertiary/aromatic N) is 2. The topological polar surface area (TPSA) is 102 Å². The van der Waals surface area contributed by atoms with Crippen molar-refractivity contribution in [3.8, 4) is 5.75 Å². The van der Waals surface area contributed by atoms with Gasteiger partial charge in [0.25, 0.3) is 5.91 Å². The quantitative estimate of drug-likeness (QED) is 0.806. The molecule has 1 aromatic rings. The molecule has 2 aliphatic heterocycles. The minimum absolute atomic E-state index is 0.0440. The van der Waals surface area contributed by atoms with Gasteiger partial charge in [-0.1, -0.05) is 0 Å². The maximum absolute atomic E-state index is 14.7. The van der Waals surface area contributed by atoms with Crippen LogP contribution in [0.15, 0.2) is 23.9 Å². The van der Waals surface area contributed by atoms with E-state index < -0.39 is 29.7 Å². The fraction of sp³-hybridized carbons (Fsp3) is 0.353. The average molecular weight is 363 g/mol. The van der Waals surface area contributed by atoms with Crippen LogP contribution in [-0.2, 0) is 9.53 Å². The lowest BCUT2D eigenvalue weighted by Crippen LogP contribution is -2.32. The Kier molecular flexibility index (Phi) is 4.54. The molecule has 0 saturated carbocycles. The lowest BCUT2D eigenvalue weighted by atomic mass is 10.0. The van der Waals surface area contributed by atoms with Gasteiger partial charge in [0.15, 0.2) is 11.9 Å². The summed E-state index contributed by atoms with van der Waals surface area (Å²) in [7, 11) is 3.53. The number of Topliss-reactive ketones (excluding diaryl/α,β-unsaturated/α-hetero) is 1. The maximum Gasteiger partial charge on any atom is 0.415 e. The number of fused-ring (bicyclic) bond motifs is 1. The van der Waals surface area contributed by atoms with Gasteiger partial charge < -0.3 is 20.1 Å². The van der Waals surface area contributed by atoms with E-state index in [0.717, 1.165) is 11.0 Å². The highest BCUT2D eigenvalue weighted by atomic mass is 19.1. The van der Waals surface area contributed by atoms with Gasteiger partial charge in [-0.3, -0.25) is 14.5 Å². The molecule has 0 bridgehead atoms. The van der Waals surface area contributed by atoms with Crippen LogP contribution in [-0.4, -0.2) is 56.0 Å². The van der Waals surface area contributed by atoms with Crippen LogP contribution in [0.3, 0.4) is 0 Å². The zero-order chi connectivity index (χ0) is 19.0. The van der Waals surface area contributed by atoms with E-state index >= 15 is 0 Å². The average Bonchev–Trinajstić information content (AvgIpc) is 2.87. The summed E-state index contributed by atoms with van der Waals surface area (Å²) in [5, 5.41) is 0. The second kappa shape index (κ2) is 6.66. The summed E-state index contributed by atoms with van der Waals surface area (Å²) in [6.07, 6.45) is 0.0298. The first-order valence-electron chi connectivity index (χ1n) is 7.93. The molecule has 2 aliphatic rings. The molecule has 26 heavy (non-hydrogen) atoms. The number of amides is 2. The fourth-order valence-electron chi connectivity index (χ4n) is 2.86. The number of ketones is 1. The Balaban J connectivity index is 1.99. The number of cyclic esters (lactones) is 1. The Labute approximate surface area is 148 Å². The Hall–Kier alpha value is -3.10. The van der Waals surface area contributed by atoms with Crippen LogP contribution >= 0.6 is 0 Å². The van der Waals surface area contributed by atoms with Crippen molar-refractivity contribution >= 4 is 23.5 Å². The van der Waals surface area contributed by atoms with Gasteiger partial charge in [0.1, 0.15) is 17.1 Å². The number of carbonyl (C=O) groups is 3. The van der Waals surface area contributed by atoms with Crippen molar-refractivity contribution in [2.45, 2.75) is 12.5 Å². The van der Waals surface area contributed by atoms with E-state index in [0.29, 0.717) is 12.0 Å². The van der Waals surface area contributed by atoms with Crippen LogP contribution < -0.4 is 15.4 Å². The van der Waals surface area contributed by atoms with E-state index in [4.69, 9.17) is 15.2 Å². The van der Waals surface area contributed by atoms with Crippen LogP contribution in [0, 0.1) is 5.82 Å². The molecule has 8 nitrogen and oxygen atoms in total. The molecule has 0 aliphatic carbocycles. The Morgan fingerprint density at radius 2 is 2.12 bits per heavy atom. The molecule has 1 saturated heterocycles. The summed E-state index contributed by atoms with van der Waals surface area (Å²) in [6.45, 7) is 0.0573. The number of ether oxygens (including phenoxy) is 2. The molecule has 0 aromatic heterocycles. The number of primary amides is 1. The SMILES string of the molecule is CN(C)/C=C1\CCOc2cc(N3C[C@H](C(N)=O)OC3=O)cc(F)c2C1=O. The van der Waals surface area contributed by atoms with Crippen LogP contribution in [0.2, 0.25) is 0 Å². The smallest absolute Gasteiger partial charge is 0.415 e. The summed E-state index contributed by atoms with van der Waals surface area (Å²) in [6, 6.07) is 2.43. The lowest BCUT2D eigenvalue weighted by Gasteiger charge is -2.16. The van der Waals surface area contributed by atoms with E-state index in [-0.39, 0.29) is 30.2 Å². The molecule has 3 rings (SSSR count). The van der Waals surface area contributed by atoms with Gasteiger partial charge in [0, 0.05) is 38.4 Å². The Bertz CT molecular complexity index is 821. The predicted molar refractivity (Wildman–Crippen MR) is 89.4 cm³/mol. The van der Waals surface area contributed by atoms with Crippen molar-refractivity contribution in [1.82, 2.24) is 4.90 Å². The summed E-state index contributed by atoms with van der Waals surface area (Å²) in [5.41, 5.74) is 5.51. The number of benzene rings is 1. The molecule has 1 fully saturated rings. The van der Waals surface area contributed by atoms with Crippen molar-refractivity contribution in [3.05, 3.63) is 35.3 Å². The van der Waals surface area contributed by atoms with Crippen LogP contribution in [0.25, 0.3) is 0 Å². The molecule has 1 atom stereocenters. The first-order valence-corrected chi connectivity index (χ1v) is 7.93. The fourth-order valence-corrected chi connectivity index (χ4v) is 2.86. The summed E-state index contributed by atoms with van der Waals surface area (Å²) >= 11 is 0. The maximum atomic E-state index is 14.7. The predicted octanol–water partition coefficient (Wildman–Crippen LogP) is 1.05. The zero-order valence-corrected chi connectivity index (χ0v) is 14.3. The summed E-state index contributed by atoms with van der Waals surface area (Å²) in [5.74, 6) is -2.03. The molecule has 0 spiro atoms. The van der Waals surface area contributed by atoms with Crippen LogP contribution in [0.5, 0.6) is 5.75 Å². The van der Waals surface area contributed by atoms with Gasteiger partial charge in [0.2, 0.25) is 0 Å². The van der Waals surface area contributed by atoms with Crippen molar-refractivity contribution < 1.29 is 28.2 Å². The minimum Gasteiger partial charge on any atom is -0.492 e. The molecule has 0 radical (unpaired) electrons. The lowest BCUT2D eigenvalue weighted by molar-refractivity contribution is -0.124. The Morgan fingerprint density at radius 1 is 1.38 bits per heavy atom. The van der Waals surface area contributed by atoms with Gasteiger partial charge >= 0.3 is 6.09 Å². The second-order valence-electron chi connectivity index (χ2n) is 6.23. The van der Waals surface area contributed by atoms with Gasteiger partial charge in [-0.25, -0.2) is 9.18 Å². The van der Waals surface area contributed by atoms with E-state index in [2.05, 4.69) is 0 Å². The molecule has 9 heteroatoms. The molecule has 0 unspecified atom stereocenters. The van der Waals surface area contributed by atoms with Gasteiger partial charge in [-0.05, 0) is 6.07 Å². The number of halogens is 1. The molecule has 138 valence electrons. The van der Waals surface area contributed by atoms with E-state index in [9.17, 15) is 18.8 Å². The first-order chi connectivity index (χ1) is 12.3. The Morgan fingerprint density at radius 3 is 2.73 bits per heavy atom. The molecular formula is C17H18FN3O5. The molecular weight excluding hydrogens is 345 g/mol. The normalized spacial score (nSPS) is 21.1. The summed E-state index contributed by atoms with van der Waals surface area (Å²) < 4.78 is 25.1. The molecule has 2 N–H and O–H groups in total. The van der Waals surface area contributed by atoms with Gasteiger partial charge in [0.05, 0.1) is 18.8 Å². The highest BCUT2D eigenvalue weighted by Gasteiger charge is 2.37. The first kappa shape index (κ1) is 17.7. The van der Waals surface area contributed by atoms with Crippen molar-refractivity contribution in [2.24, 2.45) is 5.73 Å². The monoisotopic (exact) mass is 363 g/mol. The number of rotatable bonds is 3. The highest BCUT2D eigenvalue weighted by molar-refractivity contribution is 6.11. The summed E-state index contributed by atoms with van der Waals surface area (Å²) in [4.78, 5) is 38.6. The standard InChI is InChI=1S/C17H18FN3O5/c1-20(2)7-9-3-4-25-12-6-10(5-11(18)14(12)15(9)22)21-8-13(16(19)23)26-17(21)24/h5-7,13H,3-4,8H2,1-2H3,(H2,19,23)/b9-7+/t13-/m1/s1. The zero-order valence-electron chi connectivity index (χ0n) is 14.3.